The number of hydrogen-bond donors (Lipinski definition) is 6. The largest absolute Gasteiger partial charge is 0.458 e. The Morgan fingerprint density at radius 2 is 1.63 bits per heavy atom. The van der Waals surface area contributed by atoms with E-state index in [4.69, 9.17) is 28.4 Å². The number of aliphatic hydroxyl groups excluding tert-OH is 5. The molecule has 0 amide bonds. The molecule has 4 aliphatic carbocycles. The first-order valence-electron chi connectivity index (χ1n) is 18.3. The maximum atomic E-state index is 12.6. The van der Waals surface area contributed by atoms with E-state index in [9.17, 15) is 35.4 Å². The molecule has 2 saturated heterocycles. The van der Waals surface area contributed by atoms with Gasteiger partial charge in [-0.25, -0.2) is 4.79 Å². The summed E-state index contributed by atoms with van der Waals surface area (Å²) in [4.78, 5) is 11.9. The van der Waals surface area contributed by atoms with Crippen molar-refractivity contribution >= 4 is 5.97 Å². The Balaban J connectivity index is 1.05. The highest BCUT2D eigenvalue weighted by Gasteiger charge is 2.68. The monoisotopic (exact) mass is 696 g/mol. The Labute approximate surface area is 287 Å². The van der Waals surface area contributed by atoms with Crippen LogP contribution in [-0.4, -0.2) is 130 Å². The summed E-state index contributed by atoms with van der Waals surface area (Å²) in [5.41, 5.74) is -0.00574. The molecule has 6 fully saturated rings. The Kier molecular flexibility index (Phi) is 9.82. The van der Waals surface area contributed by atoms with E-state index in [1.807, 2.05) is 0 Å². The molecular weight excluding hydrogens is 640 g/mol. The Hall–Kier alpha value is -1.23. The smallest absolute Gasteiger partial charge is 0.331 e. The van der Waals surface area contributed by atoms with Gasteiger partial charge in [-0.05, 0) is 99.4 Å². The van der Waals surface area contributed by atoms with Crippen molar-refractivity contribution < 1.29 is 63.9 Å². The Morgan fingerprint density at radius 1 is 0.857 bits per heavy atom. The zero-order valence-corrected chi connectivity index (χ0v) is 29.1. The van der Waals surface area contributed by atoms with Crippen LogP contribution in [0.25, 0.3) is 0 Å². The van der Waals surface area contributed by atoms with E-state index in [0.717, 1.165) is 63.4 Å². The molecule has 49 heavy (non-hydrogen) atoms. The fraction of sp³-hybridized carbons (Fsp3) is 0.917. The van der Waals surface area contributed by atoms with Gasteiger partial charge in [0.1, 0.15) is 49.3 Å². The zero-order valence-electron chi connectivity index (χ0n) is 29.1. The molecule has 6 N–H and O–H groups in total. The third-order valence-electron chi connectivity index (χ3n) is 14.4. The maximum Gasteiger partial charge on any atom is 0.331 e. The number of aliphatic hydroxyl groups is 6. The van der Waals surface area contributed by atoms with E-state index >= 15 is 0 Å². The molecule has 3 heterocycles. The van der Waals surface area contributed by atoms with E-state index in [1.165, 1.54) is 7.11 Å². The highest BCUT2D eigenvalue weighted by atomic mass is 16.8. The van der Waals surface area contributed by atoms with Gasteiger partial charge in [0.05, 0.1) is 24.4 Å². The van der Waals surface area contributed by atoms with Gasteiger partial charge in [-0.3, -0.25) is 0 Å². The van der Waals surface area contributed by atoms with Crippen molar-refractivity contribution in [3.05, 3.63) is 11.6 Å². The number of carbonyl (C=O) groups is 1. The zero-order chi connectivity index (χ0) is 35.0. The van der Waals surface area contributed by atoms with E-state index in [2.05, 4.69) is 13.8 Å². The van der Waals surface area contributed by atoms with Crippen LogP contribution in [0.15, 0.2) is 11.6 Å². The quantitative estimate of drug-likeness (QED) is 0.163. The second-order valence-electron chi connectivity index (χ2n) is 16.5. The topological polar surface area (TPSA) is 194 Å². The second-order valence-corrected chi connectivity index (χ2v) is 16.5. The second kappa shape index (κ2) is 13.3. The predicted molar refractivity (Wildman–Crippen MR) is 170 cm³/mol. The van der Waals surface area contributed by atoms with Gasteiger partial charge < -0.3 is 59.1 Å². The van der Waals surface area contributed by atoms with Gasteiger partial charge in [-0.15, -0.1) is 0 Å². The van der Waals surface area contributed by atoms with E-state index in [0.29, 0.717) is 18.4 Å². The number of rotatable bonds is 7. The minimum atomic E-state index is -1.63. The molecule has 3 unspecified atom stereocenters. The van der Waals surface area contributed by atoms with Gasteiger partial charge in [-0.2, -0.15) is 0 Å². The average molecular weight is 697 g/mol. The summed E-state index contributed by atoms with van der Waals surface area (Å²) in [5.74, 6) is 0.821. The van der Waals surface area contributed by atoms with Crippen LogP contribution in [0.3, 0.4) is 0 Å². The van der Waals surface area contributed by atoms with E-state index in [-0.39, 0.29) is 34.7 Å². The van der Waals surface area contributed by atoms with Gasteiger partial charge in [0, 0.05) is 18.6 Å². The maximum absolute atomic E-state index is 12.6. The van der Waals surface area contributed by atoms with Crippen molar-refractivity contribution in [2.45, 2.75) is 152 Å². The molecule has 18 atom stereocenters. The fourth-order valence-corrected chi connectivity index (χ4v) is 11.5. The molecule has 13 heteroatoms. The van der Waals surface area contributed by atoms with Gasteiger partial charge in [-0.1, -0.05) is 13.8 Å². The molecule has 0 bridgehead atoms. The van der Waals surface area contributed by atoms with Crippen molar-refractivity contribution in [1.82, 2.24) is 0 Å². The number of carbonyl (C=O) groups excluding carboxylic acids is 1. The van der Waals surface area contributed by atoms with E-state index < -0.39 is 73.6 Å². The van der Waals surface area contributed by atoms with Crippen molar-refractivity contribution in [3.63, 3.8) is 0 Å². The predicted octanol–water partition coefficient (Wildman–Crippen LogP) is 0.934. The normalized spacial score (nSPS) is 54.4. The molecule has 0 aromatic carbocycles. The number of fused-ring (bicyclic) bond motifs is 5. The third kappa shape index (κ3) is 5.74. The van der Waals surface area contributed by atoms with Crippen LogP contribution in [-0.2, 0) is 33.2 Å². The minimum Gasteiger partial charge on any atom is -0.458 e. The molecule has 278 valence electrons. The molecule has 0 aromatic rings. The molecule has 13 nitrogen and oxygen atoms in total. The van der Waals surface area contributed by atoms with Crippen LogP contribution in [0.2, 0.25) is 0 Å². The van der Waals surface area contributed by atoms with Crippen molar-refractivity contribution in [2.24, 2.45) is 34.5 Å². The minimum absolute atomic E-state index is 0.0296. The number of methoxy groups -OCH3 is 1. The highest BCUT2D eigenvalue weighted by molar-refractivity contribution is 5.85. The molecular formula is C36H56O13. The Bertz CT molecular complexity index is 1260. The van der Waals surface area contributed by atoms with Gasteiger partial charge in [0.25, 0.3) is 0 Å². The molecule has 0 radical (unpaired) electrons. The number of cyclic esters (lactones) is 1. The SMILES string of the molecule is CO[C@@H]1[C@@H](O)[C@@H](C)O[C@H](O[C@H]2CC[C@]3(C)C4CC[C@]5(C)C(C6=CC(=O)OC6)CC[C@]5(O)C4CC[C@@H]3C2)[C@@H]1O[C@@H]1O[C@H](CO)[C@@H](O)[C@@H](O)[C@H]1O. The lowest BCUT2D eigenvalue weighted by atomic mass is 9.43. The van der Waals surface area contributed by atoms with Gasteiger partial charge in [0.2, 0.25) is 0 Å². The summed E-state index contributed by atoms with van der Waals surface area (Å²) in [6.07, 6.45) is -2.68. The van der Waals surface area contributed by atoms with Crippen molar-refractivity contribution in [3.8, 4) is 0 Å². The first-order chi connectivity index (χ1) is 23.3. The van der Waals surface area contributed by atoms with Crippen LogP contribution in [0.4, 0.5) is 0 Å². The molecule has 0 aromatic heterocycles. The number of hydrogen-bond acceptors (Lipinski definition) is 13. The first-order valence-corrected chi connectivity index (χ1v) is 18.3. The summed E-state index contributed by atoms with van der Waals surface area (Å²) >= 11 is 0. The third-order valence-corrected chi connectivity index (χ3v) is 14.4. The van der Waals surface area contributed by atoms with Gasteiger partial charge >= 0.3 is 5.97 Å². The van der Waals surface area contributed by atoms with Crippen molar-refractivity contribution in [1.29, 1.82) is 0 Å². The molecule has 4 saturated carbocycles. The lowest BCUT2D eigenvalue weighted by Gasteiger charge is -2.64. The number of esters is 1. The molecule has 3 aliphatic heterocycles. The summed E-state index contributed by atoms with van der Waals surface area (Å²) in [7, 11) is 1.44. The molecule has 7 rings (SSSR count). The molecule has 7 aliphatic rings. The highest BCUT2D eigenvalue weighted by Crippen LogP contribution is 2.70. The van der Waals surface area contributed by atoms with Crippen LogP contribution >= 0.6 is 0 Å². The van der Waals surface area contributed by atoms with Crippen LogP contribution < -0.4 is 0 Å². The summed E-state index contributed by atoms with van der Waals surface area (Å²) in [6.45, 7) is 6.10. The fourth-order valence-electron chi connectivity index (χ4n) is 11.5. The standard InChI is InChI=1S/C36H56O13/c1-17-26(39)30(44-4)31(49-32-29(42)28(41)27(40)24(15-37)48-32)33(46-17)47-20-7-10-34(2)19(14-20)5-6-23-22(34)8-11-35(3)21(9-12-36(23,35)43)18-13-25(38)45-16-18/h13,17,19-24,26-33,37,39-43H,5-12,14-16H2,1-4H3/t17-,19-,20+,21?,22?,23?,24-,26+,27-,28-,29-,30-,31-,32+,33-,34+,35-,36+/m1/s1. The number of ether oxygens (including phenoxy) is 6. The van der Waals surface area contributed by atoms with Crippen LogP contribution in [0, 0.1) is 34.5 Å². The van der Waals surface area contributed by atoms with Gasteiger partial charge in [0.15, 0.2) is 12.6 Å². The van der Waals surface area contributed by atoms with Crippen LogP contribution in [0.1, 0.15) is 78.6 Å². The summed E-state index contributed by atoms with van der Waals surface area (Å²) < 4.78 is 35.5. The summed E-state index contributed by atoms with van der Waals surface area (Å²) in [5, 5.41) is 64.5. The van der Waals surface area contributed by atoms with Crippen LogP contribution in [0.5, 0.6) is 0 Å². The average Bonchev–Trinajstić information content (AvgIpc) is 3.62. The Morgan fingerprint density at radius 3 is 2.33 bits per heavy atom. The lowest BCUT2D eigenvalue weighted by molar-refractivity contribution is -0.372. The lowest BCUT2D eigenvalue weighted by Crippen LogP contribution is -2.65. The first kappa shape index (κ1) is 36.1. The van der Waals surface area contributed by atoms with Crippen molar-refractivity contribution in [2.75, 3.05) is 20.3 Å². The van der Waals surface area contributed by atoms with E-state index in [1.54, 1.807) is 13.0 Å². The molecule has 0 spiro atoms. The summed E-state index contributed by atoms with van der Waals surface area (Å²) in [6, 6.07) is 0.